The highest BCUT2D eigenvalue weighted by molar-refractivity contribution is 5.94. The fourth-order valence-corrected chi connectivity index (χ4v) is 1.56. The third-order valence-corrected chi connectivity index (χ3v) is 2.61. The van der Waals surface area contributed by atoms with E-state index in [1.807, 2.05) is 0 Å². The van der Waals surface area contributed by atoms with E-state index in [2.05, 4.69) is 10.6 Å². The maximum Gasteiger partial charge on any atom is 0.271 e. The summed E-state index contributed by atoms with van der Waals surface area (Å²) in [5.74, 6) is -0.0993. The molecule has 0 aliphatic carbocycles. The zero-order chi connectivity index (χ0) is 14.4. The van der Waals surface area contributed by atoms with Gasteiger partial charge in [0.05, 0.1) is 17.7 Å². The molecule has 0 aliphatic heterocycles. The summed E-state index contributed by atoms with van der Waals surface area (Å²) in [6.45, 7) is 2.28. The summed E-state index contributed by atoms with van der Waals surface area (Å²) in [7, 11) is 3.19. The van der Waals surface area contributed by atoms with E-state index >= 15 is 0 Å². The Bertz CT molecular complexity index is 476. The Morgan fingerprint density at radius 1 is 1.53 bits per heavy atom. The highest BCUT2D eigenvalue weighted by Crippen LogP contribution is 2.29. The highest BCUT2D eigenvalue weighted by atomic mass is 16.6. The number of non-ortho nitro benzene ring substituents is 1. The number of nitrogens with zero attached hydrogens (tertiary/aromatic N) is 1. The Morgan fingerprint density at radius 3 is 2.74 bits per heavy atom. The molecule has 0 heterocycles. The van der Waals surface area contributed by atoms with Crippen LogP contribution in [-0.2, 0) is 4.79 Å². The number of carbonyl (C=O) groups is 1. The Morgan fingerprint density at radius 2 is 2.21 bits per heavy atom. The average Bonchev–Trinajstić information content (AvgIpc) is 2.38. The van der Waals surface area contributed by atoms with E-state index in [0.717, 1.165) is 0 Å². The van der Waals surface area contributed by atoms with E-state index in [1.54, 1.807) is 14.0 Å². The van der Waals surface area contributed by atoms with Crippen molar-refractivity contribution in [2.75, 3.05) is 26.0 Å². The Kier molecular flexibility index (Phi) is 5.25. The zero-order valence-corrected chi connectivity index (χ0v) is 11.1. The minimum atomic E-state index is -0.522. The maximum absolute atomic E-state index is 11.9. The van der Waals surface area contributed by atoms with Crippen LogP contribution < -0.4 is 15.4 Å². The molecule has 0 fully saturated rings. The van der Waals surface area contributed by atoms with Crippen molar-refractivity contribution in [3.8, 4) is 5.75 Å². The number of methoxy groups -OCH3 is 1. The van der Waals surface area contributed by atoms with Crippen LogP contribution in [0.5, 0.6) is 5.75 Å². The minimum Gasteiger partial charge on any atom is -0.495 e. The van der Waals surface area contributed by atoms with Crippen LogP contribution in [0.15, 0.2) is 18.2 Å². The number of amides is 1. The Labute approximate surface area is 111 Å². The third-order valence-electron chi connectivity index (χ3n) is 2.61. The highest BCUT2D eigenvalue weighted by Gasteiger charge is 2.17. The molecular formula is C12H17N3O4. The summed E-state index contributed by atoms with van der Waals surface area (Å²) in [5, 5.41) is 16.2. The molecule has 1 aromatic rings. The Balaban J connectivity index is 2.94. The number of hydrogen-bond donors (Lipinski definition) is 2. The van der Waals surface area contributed by atoms with Crippen LogP contribution in [0.3, 0.4) is 0 Å². The van der Waals surface area contributed by atoms with Gasteiger partial charge in [0, 0.05) is 24.6 Å². The number of hydrogen-bond acceptors (Lipinski definition) is 5. The molecule has 0 spiro atoms. The van der Waals surface area contributed by atoms with Gasteiger partial charge in [0.25, 0.3) is 5.69 Å². The Hall–Kier alpha value is -2.15. The first-order chi connectivity index (χ1) is 8.99. The number of nitrogens with one attached hydrogen (secondary N) is 2. The second-order valence-electron chi connectivity index (χ2n) is 4.09. The number of anilines is 1. The van der Waals surface area contributed by atoms with Gasteiger partial charge in [-0.3, -0.25) is 14.9 Å². The predicted octanol–water partition coefficient (Wildman–Crippen LogP) is 1.40. The van der Waals surface area contributed by atoms with Gasteiger partial charge < -0.3 is 15.4 Å². The monoisotopic (exact) mass is 267 g/mol. The lowest BCUT2D eigenvalue weighted by Gasteiger charge is -2.13. The fourth-order valence-electron chi connectivity index (χ4n) is 1.56. The lowest BCUT2D eigenvalue weighted by atomic mass is 10.1. The lowest BCUT2D eigenvalue weighted by Crippen LogP contribution is -2.28. The van der Waals surface area contributed by atoms with E-state index in [4.69, 9.17) is 4.74 Å². The van der Waals surface area contributed by atoms with Crippen molar-refractivity contribution >= 4 is 17.3 Å². The first-order valence-electron chi connectivity index (χ1n) is 5.77. The molecule has 0 radical (unpaired) electrons. The molecular weight excluding hydrogens is 250 g/mol. The van der Waals surface area contributed by atoms with Crippen molar-refractivity contribution in [2.24, 2.45) is 5.92 Å². The molecule has 1 atom stereocenters. The van der Waals surface area contributed by atoms with Gasteiger partial charge in [-0.25, -0.2) is 0 Å². The van der Waals surface area contributed by atoms with Gasteiger partial charge in [0.15, 0.2) is 0 Å². The minimum absolute atomic E-state index is 0.0997. The molecule has 0 saturated carbocycles. The first kappa shape index (κ1) is 14.9. The summed E-state index contributed by atoms with van der Waals surface area (Å²) in [4.78, 5) is 22.1. The molecule has 7 heteroatoms. The summed E-state index contributed by atoms with van der Waals surface area (Å²) in [6, 6.07) is 4.06. The molecule has 1 amide bonds. The number of benzene rings is 1. The number of carbonyl (C=O) groups excluding carboxylic acids is 1. The summed E-state index contributed by atoms with van der Waals surface area (Å²) in [5.41, 5.74) is 0.196. The van der Waals surface area contributed by atoms with Gasteiger partial charge in [0.1, 0.15) is 5.75 Å². The van der Waals surface area contributed by atoms with E-state index in [1.165, 1.54) is 25.3 Å². The van der Waals surface area contributed by atoms with Crippen molar-refractivity contribution < 1.29 is 14.5 Å². The molecule has 0 aliphatic rings. The summed E-state index contributed by atoms with van der Waals surface area (Å²) < 4.78 is 5.07. The molecule has 1 aromatic carbocycles. The van der Waals surface area contributed by atoms with Crippen LogP contribution >= 0.6 is 0 Å². The first-order valence-corrected chi connectivity index (χ1v) is 5.77. The maximum atomic E-state index is 11.9. The van der Waals surface area contributed by atoms with Crippen LogP contribution in [0, 0.1) is 16.0 Å². The molecule has 1 rings (SSSR count). The van der Waals surface area contributed by atoms with Gasteiger partial charge in [-0.1, -0.05) is 6.92 Å². The number of nitro groups is 1. The number of nitro benzene ring substituents is 1. The molecule has 0 aromatic heterocycles. The summed E-state index contributed by atoms with van der Waals surface area (Å²) >= 11 is 0. The van der Waals surface area contributed by atoms with Crippen molar-refractivity contribution in [3.05, 3.63) is 28.3 Å². The van der Waals surface area contributed by atoms with E-state index in [0.29, 0.717) is 18.0 Å². The smallest absolute Gasteiger partial charge is 0.271 e. The van der Waals surface area contributed by atoms with Crippen LogP contribution in [-0.4, -0.2) is 31.5 Å². The number of rotatable bonds is 6. The second-order valence-corrected chi connectivity index (χ2v) is 4.09. The fraction of sp³-hybridized carbons (Fsp3) is 0.417. The van der Waals surface area contributed by atoms with Gasteiger partial charge in [-0.05, 0) is 13.1 Å². The molecule has 1 unspecified atom stereocenters. The number of ether oxygens (including phenoxy) is 1. The SMILES string of the molecule is CNCC(C)C(=O)Nc1cc([N+](=O)[O-])ccc1OC. The van der Waals surface area contributed by atoms with E-state index < -0.39 is 4.92 Å². The molecule has 0 bridgehead atoms. The van der Waals surface area contributed by atoms with Crippen molar-refractivity contribution in [3.63, 3.8) is 0 Å². The van der Waals surface area contributed by atoms with Gasteiger partial charge in [-0.2, -0.15) is 0 Å². The van der Waals surface area contributed by atoms with Crippen molar-refractivity contribution in [1.82, 2.24) is 5.32 Å². The molecule has 2 N–H and O–H groups in total. The molecule has 19 heavy (non-hydrogen) atoms. The lowest BCUT2D eigenvalue weighted by molar-refractivity contribution is -0.384. The topological polar surface area (TPSA) is 93.5 Å². The van der Waals surface area contributed by atoms with Gasteiger partial charge in [0.2, 0.25) is 5.91 Å². The quantitative estimate of drug-likeness (QED) is 0.600. The zero-order valence-electron chi connectivity index (χ0n) is 11.1. The largest absolute Gasteiger partial charge is 0.495 e. The molecule has 7 nitrogen and oxygen atoms in total. The van der Waals surface area contributed by atoms with Crippen LogP contribution in [0.25, 0.3) is 0 Å². The van der Waals surface area contributed by atoms with Crippen molar-refractivity contribution in [1.29, 1.82) is 0 Å². The van der Waals surface area contributed by atoms with Gasteiger partial charge in [-0.15, -0.1) is 0 Å². The molecule has 0 saturated heterocycles. The summed E-state index contributed by atoms with van der Waals surface area (Å²) in [6.07, 6.45) is 0. The van der Waals surface area contributed by atoms with E-state index in [9.17, 15) is 14.9 Å². The van der Waals surface area contributed by atoms with Crippen molar-refractivity contribution in [2.45, 2.75) is 6.92 Å². The second kappa shape index (κ2) is 6.69. The van der Waals surface area contributed by atoms with Gasteiger partial charge >= 0.3 is 0 Å². The normalized spacial score (nSPS) is 11.7. The van der Waals surface area contributed by atoms with E-state index in [-0.39, 0.29) is 17.5 Å². The standard InChI is InChI=1S/C12H17N3O4/c1-8(7-13-2)12(16)14-10-6-9(15(17)18)4-5-11(10)19-3/h4-6,8,13H,7H2,1-3H3,(H,14,16). The third kappa shape index (κ3) is 3.92. The van der Waals surface area contributed by atoms with Crippen LogP contribution in [0.4, 0.5) is 11.4 Å². The van der Waals surface area contributed by atoms with Crippen LogP contribution in [0.1, 0.15) is 6.92 Å². The average molecular weight is 267 g/mol. The van der Waals surface area contributed by atoms with Crippen LogP contribution in [0.2, 0.25) is 0 Å². The predicted molar refractivity (Wildman–Crippen MR) is 71.4 cm³/mol. The molecule has 104 valence electrons.